The number of para-hydroxylation sites is 2. The lowest BCUT2D eigenvalue weighted by molar-refractivity contribution is 0.0854. The second kappa shape index (κ2) is 8.36. The average molecular weight is 394 g/mol. The number of amides is 1. The van der Waals surface area contributed by atoms with E-state index in [0.717, 1.165) is 19.4 Å². The minimum absolute atomic E-state index is 0.0305. The van der Waals surface area contributed by atoms with Crippen LogP contribution in [0.4, 0.5) is 5.69 Å². The van der Waals surface area contributed by atoms with Crippen molar-refractivity contribution in [1.29, 1.82) is 0 Å². The lowest BCUT2D eigenvalue weighted by Crippen LogP contribution is -2.34. The van der Waals surface area contributed by atoms with Crippen molar-refractivity contribution in [3.63, 3.8) is 0 Å². The number of fused-ring (bicyclic) bond motifs is 1. The van der Waals surface area contributed by atoms with Crippen LogP contribution in [0, 0.1) is 0 Å². The minimum atomic E-state index is -0.298. The molecule has 2 aromatic carbocycles. The maximum absolute atomic E-state index is 12.9. The summed E-state index contributed by atoms with van der Waals surface area (Å²) in [7, 11) is 1.55. The molecule has 4 rings (SSSR count). The summed E-state index contributed by atoms with van der Waals surface area (Å²) in [6.07, 6.45) is 1.96. The molecule has 7 nitrogen and oxygen atoms in total. The first-order chi connectivity index (χ1) is 14.1. The molecule has 150 valence electrons. The number of rotatable bonds is 5. The zero-order valence-electron chi connectivity index (χ0n) is 16.1. The third-order valence-corrected chi connectivity index (χ3v) is 4.80. The molecule has 1 amide bonds. The van der Waals surface area contributed by atoms with E-state index in [1.807, 2.05) is 12.1 Å². The van der Waals surface area contributed by atoms with E-state index in [2.05, 4.69) is 10.3 Å². The summed E-state index contributed by atoms with van der Waals surface area (Å²) in [6.45, 7) is 1.16. The number of hydrogen-bond donors (Lipinski definition) is 2. The Morgan fingerprint density at radius 1 is 1.28 bits per heavy atom. The van der Waals surface area contributed by atoms with E-state index in [1.54, 1.807) is 37.4 Å². The number of phenolic OH excluding ortho intramolecular Hbond substituents is 1. The second-order valence-corrected chi connectivity index (χ2v) is 6.82. The van der Waals surface area contributed by atoms with Gasteiger partial charge in [0.25, 0.3) is 5.91 Å². The number of phenols is 1. The predicted molar refractivity (Wildman–Crippen MR) is 107 cm³/mol. The lowest BCUT2D eigenvalue weighted by Gasteiger charge is -2.11. The standard InChI is InChI=1S/C22H22N2O5/c1-27-19-7-3-2-6-18(19)24-22-17(21(26)23-13-16-5-4-10-28-16)11-14-8-9-15(25)12-20(14)29-22/h2-3,6-9,11-12,16,25H,4-5,10,13H2,1H3,(H,23,26)/t16-/m1/s1. The van der Waals surface area contributed by atoms with Crippen molar-refractivity contribution in [2.24, 2.45) is 4.99 Å². The summed E-state index contributed by atoms with van der Waals surface area (Å²) in [6, 6.07) is 13.6. The lowest BCUT2D eigenvalue weighted by atomic mass is 10.1. The zero-order chi connectivity index (χ0) is 20.2. The molecule has 7 heteroatoms. The highest BCUT2D eigenvalue weighted by atomic mass is 16.5. The molecule has 1 aliphatic heterocycles. The van der Waals surface area contributed by atoms with Crippen molar-refractivity contribution < 1.29 is 23.8 Å². The predicted octanol–water partition coefficient (Wildman–Crippen LogP) is 3.29. The minimum Gasteiger partial charge on any atom is -0.508 e. The van der Waals surface area contributed by atoms with Crippen LogP contribution >= 0.6 is 0 Å². The number of benzene rings is 2. The quantitative estimate of drug-likeness (QED) is 0.693. The Morgan fingerprint density at radius 3 is 2.93 bits per heavy atom. The summed E-state index contributed by atoms with van der Waals surface area (Å²) in [5, 5.41) is 13.4. The van der Waals surface area contributed by atoms with Crippen LogP contribution in [0.1, 0.15) is 23.2 Å². The Bertz CT molecular complexity index is 1100. The van der Waals surface area contributed by atoms with Gasteiger partial charge in [0.1, 0.15) is 28.3 Å². The summed E-state index contributed by atoms with van der Waals surface area (Å²) < 4.78 is 16.8. The van der Waals surface area contributed by atoms with Gasteiger partial charge in [-0.15, -0.1) is 0 Å². The Hall–Kier alpha value is -3.32. The van der Waals surface area contributed by atoms with Crippen LogP contribution in [0.5, 0.6) is 11.5 Å². The van der Waals surface area contributed by atoms with Crippen LogP contribution in [0.25, 0.3) is 11.0 Å². The molecule has 29 heavy (non-hydrogen) atoms. The molecule has 1 fully saturated rings. The molecule has 0 radical (unpaired) electrons. The Labute approximate surface area is 167 Å². The molecule has 0 saturated carbocycles. The molecule has 1 aliphatic rings. The van der Waals surface area contributed by atoms with Crippen LogP contribution in [0.3, 0.4) is 0 Å². The van der Waals surface area contributed by atoms with Gasteiger partial charge in [0, 0.05) is 24.6 Å². The zero-order valence-corrected chi connectivity index (χ0v) is 16.1. The van der Waals surface area contributed by atoms with Crippen molar-refractivity contribution in [1.82, 2.24) is 5.32 Å². The molecule has 1 aromatic heterocycles. The van der Waals surface area contributed by atoms with Crippen LogP contribution in [0.2, 0.25) is 0 Å². The van der Waals surface area contributed by atoms with Crippen molar-refractivity contribution in [2.45, 2.75) is 18.9 Å². The SMILES string of the molecule is COc1ccccc1N=c1oc2cc(O)ccc2cc1C(=O)NC[C@H]1CCCO1. The number of nitrogens with one attached hydrogen (secondary N) is 1. The second-order valence-electron chi connectivity index (χ2n) is 6.82. The highest BCUT2D eigenvalue weighted by molar-refractivity contribution is 5.96. The molecule has 1 saturated heterocycles. The first-order valence-electron chi connectivity index (χ1n) is 9.48. The van der Waals surface area contributed by atoms with E-state index < -0.39 is 0 Å². The fourth-order valence-electron chi connectivity index (χ4n) is 3.29. The molecule has 3 aromatic rings. The maximum atomic E-state index is 12.9. The van der Waals surface area contributed by atoms with Gasteiger partial charge < -0.3 is 24.3 Å². The van der Waals surface area contributed by atoms with Gasteiger partial charge in [0.05, 0.1) is 13.2 Å². The third-order valence-electron chi connectivity index (χ3n) is 4.80. The first-order valence-corrected chi connectivity index (χ1v) is 9.48. The largest absolute Gasteiger partial charge is 0.508 e. The van der Waals surface area contributed by atoms with E-state index in [0.29, 0.717) is 34.5 Å². The normalized spacial score (nSPS) is 16.9. The van der Waals surface area contributed by atoms with Crippen LogP contribution in [-0.4, -0.2) is 37.4 Å². The Balaban J connectivity index is 1.78. The molecule has 1 atom stereocenters. The highest BCUT2D eigenvalue weighted by Gasteiger charge is 2.19. The number of carbonyl (C=O) groups is 1. The maximum Gasteiger partial charge on any atom is 0.256 e. The van der Waals surface area contributed by atoms with Gasteiger partial charge >= 0.3 is 0 Å². The Morgan fingerprint density at radius 2 is 2.14 bits per heavy atom. The number of carbonyl (C=O) groups excluding carboxylic acids is 1. The van der Waals surface area contributed by atoms with Crippen LogP contribution in [-0.2, 0) is 4.74 Å². The molecule has 2 N–H and O–H groups in total. The van der Waals surface area contributed by atoms with Gasteiger partial charge in [-0.05, 0) is 43.2 Å². The number of methoxy groups -OCH3 is 1. The van der Waals surface area contributed by atoms with Crippen LogP contribution < -0.4 is 15.6 Å². The number of aromatic hydroxyl groups is 1. The number of nitrogens with zero attached hydrogens (tertiary/aromatic N) is 1. The molecule has 2 heterocycles. The average Bonchev–Trinajstić information content (AvgIpc) is 3.25. The van der Waals surface area contributed by atoms with E-state index >= 15 is 0 Å². The van der Waals surface area contributed by atoms with Crippen molar-refractivity contribution >= 4 is 22.6 Å². The van der Waals surface area contributed by atoms with Crippen molar-refractivity contribution in [3.05, 3.63) is 59.6 Å². The topological polar surface area (TPSA) is 93.3 Å². The van der Waals surface area contributed by atoms with Crippen LogP contribution in [0.15, 0.2) is 57.9 Å². The van der Waals surface area contributed by atoms with E-state index in [4.69, 9.17) is 13.9 Å². The molecule has 0 bridgehead atoms. The summed E-state index contributed by atoms with van der Waals surface area (Å²) in [4.78, 5) is 17.4. The Kier molecular flexibility index (Phi) is 5.48. The van der Waals surface area contributed by atoms with E-state index in [1.165, 1.54) is 6.07 Å². The van der Waals surface area contributed by atoms with E-state index in [9.17, 15) is 9.90 Å². The smallest absolute Gasteiger partial charge is 0.256 e. The first kappa shape index (κ1) is 19.0. The van der Waals surface area contributed by atoms with Crippen molar-refractivity contribution in [3.8, 4) is 11.5 Å². The highest BCUT2D eigenvalue weighted by Crippen LogP contribution is 2.26. The summed E-state index contributed by atoms with van der Waals surface area (Å²) in [5.74, 6) is 0.331. The molecule has 0 spiro atoms. The molecule has 0 aliphatic carbocycles. The number of hydrogen-bond acceptors (Lipinski definition) is 6. The van der Waals surface area contributed by atoms with Gasteiger partial charge in [-0.1, -0.05) is 12.1 Å². The fraction of sp³-hybridized carbons (Fsp3) is 0.273. The third kappa shape index (κ3) is 4.25. The van der Waals surface area contributed by atoms with Gasteiger partial charge in [-0.25, -0.2) is 4.99 Å². The van der Waals surface area contributed by atoms with Gasteiger partial charge in [0.15, 0.2) is 0 Å². The summed E-state index contributed by atoms with van der Waals surface area (Å²) >= 11 is 0. The molecular weight excluding hydrogens is 372 g/mol. The molecular formula is C22H22N2O5. The molecule has 0 unspecified atom stereocenters. The monoisotopic (exact) mass is 394 g/mol. The van der Waals surface area contributed by atoms with Gasteiger partial charge in [-0.3, -0.25) is 4.79 Å². The van der Waals surface area contributed by atoms with Gasteiger partial charge in [-0.2, -0.15) is 0 Å². The van der Waals surface area contributed by atoms with Crippen molar-refractivity contribution in [2.75, 3.05) is 20.3 Å². The summed E-state index contributed by atoms with van der Waals surface area (Å²) in [5.41, 5.74) is 1.39. The van der Waals surface area contributed by atoms with E-state index in [-0.39, 0.29) is 23.3 Å². The fourth-order valence-corrected chi connectivity index (χ4v) is 3.29. The number of ether oxygens (including phenoxy) is 2. The van der Waals surface area contributed by atoms with Gasteiger partial charge in [0.2, 0.25) is 5.55 Å².